The van der Waals surface area contributed by atoms with E-state index in [1.807, 2.05) is 19.1 Å². The quantitative estimate of drug-likeness (QED) is 0.827. The summed E-state index contributed by atoms with van der Waals surface area (Å²) >= 11 is 7.28. The Balaban J connectivity index is 0.00000220. The van der Waals surface area contributed by atoms with Crippen molar-refractivity contribution in [2.24, 2.45) is 5.73 Å². The van der Waals surface area contributed by atoms with Crippen LogP contribution in [0, 0.1) is 0 Å². The van der Waals surface area contributed by atoms with E-state index in [9.17, 15) is 4.79 Å². The highest BCUT2D eigenvalue weighted by Gasteiger charge is 2.11. The van der Waals surface area contributed by atoms with E-state index in [0.29, 0.717) is 17.3 Å². The molecule has 8 heteroatoms. The van der Waals surface area contributed by atoms with Crippen molar-refractivity contribution < 1.29 is 4.79 Å². The van der Waals surface area contributed by atoms with Crippen molar-refractivity contribution in [1.29, 1.82) is 0 Å². The summed E-state index contributed by atoms with van der Waals surface area (Å²) < 4.78 is 0. The monoisotopic (exact) mass is 381 g/mol. The molecule has 2 rings (SSSR count). The van der Waals surface area contributed by atoms with Crippen molar-refractivity contribution in [3.05, 3.63) is 40.4 Å². The second kappa shape index (κ2) is 10.0. The minimum Gasteiger partial charge on any atom is -0.351 e. The number of amides is 1. The summed E-state index contributed by atoms with van der Waals surface area (Å²) in [6, 6.07) is 7.47. The molecule has 0 saturated carbocycles. The Kier molecular flexibility index (Phi) is 9.64. The molecule has 22 heavy (non-hydrogen) atoms. The van der Waals surface area contributed by atoms with Gasteiger partial charge in [0, 0.05) is 28.6 Å². The first kappa shape index (κ1) is 21.1. The lowest BCUT2D eigenvalue weighted by molar-refractivity contribution is 0.0948. The van der Waals surface area contributed by atoms with Gasteiger partial charge in [0.2, 0.25) is 0 Å². The first-order chi connectivity index (χ1) is 9.56. The third kappa shape index (κ3) is 6.10. The Morgan fingerprint density at radius 3 is 2.59 bits per heavy atom. The maximum Gasteiger partial charge on any atom is 0.270 e. The van der Waals surface area contributed by atoms with E-state index in [-0.39, 0.29) is 36.8 Å². The maximum atomic E-state index is 11.9. The van der Waals surface area contributed by atoms with Gasteiger partial charge in [0.15, 0.2) is 0 Å². The number of aromatic nitrogens is 1. The Morgan fingerprint density at radius 1 is 1.36 bits per heavy atom. The second-order valence-corrected chi connectivity index (χ2v) is 5.86. The van der Waals surface area contributed by atoms with Gasteiger partial charge in [0.25, 0.3) is 5.91 Å². The fourth-order valence-corrected chi connectivity index (χ4v) is 2.54. The molecule has 122 valence electrons. The SMILES string of the molecule is CC(N)CCNC(=O)c1csc(-c2ccc(Cl)cc2)n1.Cl.Cl. The van der Waals surface area contributed by atoms with Gasteiger partial charge in [-0.2, -0.15) is 0 Å². The summed E-state index contributed by atoms with van der Waals surface area (Å²) in [5, 5.41) is 6.05. The molecule has 3 N–H and O–H groups in total. The van der Waals surface area contributed by atoms with Crippen LogP contribution in [0.25, 0.3) is 10.6 Å². The van der Waals surface area contributed by atoms with Gasteiger partial charge in [-0.25, -0.2) is 4.98 Å². The third-order valence-corrected chi connectivity index (χ3v) is 3.86. The minimum absolute atomic E-state index is 0. The number of carbonyl (C=O) groups excluding carboxylic acids is 1. The van der Waals surface area contributed by atoms with Crippen LogP contribution < -0.4 is 11.1 Å². The normalized spacial score (nSPS) is 11.0. The molecule has 1 aromatic carbocycles. The van der Waals surface area contributed by atoms with Gasteiger partial charge in [0.05, 0.1) is 0 Å². The van der Waals surface area contributed by atoms with E-state index in [1.54, 1.807) is 17.5 Å². The predicted molar refractivity (Wildman–Crippen MR) is 97.7 cm³/mol. The second-order valence-electron chi connectivity index (χ2n) is 4.57. The van der Waals surface area contributed by atoms with Crippen molar-refractivity contribution in [3.63, 3.8) is 0 Å². The van der Waals surface area contributed by atoms with E-state index in [0.717, 1.165) is 17.0 Å². The molecule has 0 bridgehead atoms. The lowest BCUT2D eigenvalue weighted by Crippen LogP contribution is -2.29. The number of nitrogens with one attached hydrogen (secondary N) is 1. The number of benzene rings is 1. The van der Waals surface area contributed by atoms with Gasteiger partial charge in [-0.3, -0.25) is 4.79 Å². The fourth-order valence-electron chi connectivity index (χ4n) is 1.61. The summed E-state index contributed by atoms with van der Waals surface area (Å²) in [4.78, 5) is 16.2. The Morgan fingerprint density at radius 2 is 2.00 bits per heavy atom. The molecule has 0 aliphatic rings. The lowest BCUT2D eigenvalue weighted by Gasteiger charge is -2.05. The molecule has 4 nitrogen and oxygen atoms in total. The molecule has 1 aromatic heterocycles. The molecule has 0 spiro atoms. The Labute approximate surface area is 151 Å². The number of hydrogen-bond acceptors (Lipinski definition) is 4. The van der Waals surface area contributed by atoms with E-state index in [1.165, 1.54) is 11.3 Å². The van der Waals surface area contributed by atoms with Crippen molar-refractivity contribution in [1.82, 2.24) is 10.3 Å². The predicted octanol–water partition coefficient (Wildman–Crippen LogP) is 3.77. The fraction of sp³-hybridized carbons (Fsp3) is 0.286. The average Bonchev–Trinajstić information content (AvgIpc) is 2.88. The largest absolute Gasteiger partial charge is 0.351 e. The molecule has 0 saturated heterocycles. The van der Waals surface area contributed by atoms with E-state index in [4.69, 9.17) is 17.3 Å². The van der Waals surface area contributed by atoms with Crippen LogP contribution in [0.5, 0.6) is 0 Å². The van der Waals surface area contributed by atoms with Crippen molar-refractivity contribution in [3.8, 4) is 10.6 Å². The highest BCUT2D eigenvalue weighted by atomic mass is 35.5. The van der Waals surface area contributed by atoms with Gasteiger partial charge >= 0.3 is 0 Å². The number of nitrogens with two attached hydrogens (primary N) is 1. The van der Waals surface area contributed by atoms with Gasteiger partial charge in [-0.05, 0) is 25.5 Å². The van der Waals surface area contributed by atoms with Crippen LogP contribution in [-0.2, 0) is 0 Å². The first-order valence-corrected chi connectivity index (χ1v) is 7.57. The molecule has 0 fully saturated rings. The average molecular weight is 383 g/mol. The lowest BCUT2D eigenvalue weighted by atomic mass is 10.2. The van der Waals surface area contributed by atoms with Gasteiger partial charge in [0.1, 0.15) is 10.7 Å². The van der Waals surface area contributed by atoms with Crippen LogP contribution in [0.2, 0.25) is 5.02 Å². The number of thiazole rings is 1. The summed E-state index contributed by atoms with van der Waals surface area (Å²) in [5.41, 5.74) is 7.02. The molecule has 1 amide bonds. The van der Waals surface area contributed by atoms with Crippen LogP contribution in [0.4, 0.5) is 0 Å². The number of nitrogens with zero attached hydrogens (tertiary/aromatic N) is 1. The molecule has 1 unspecified atom stereocenters. The zero-order valence-electron chi connectivity index (χ0n) is 11.9. The Hall–Kier alpha value is -0.850. The molecule has 2 aromatic rings. The molecule has 0 aliphatic heterocycles. The van der Waals surface area contributed by atoms with Crippen LogP contribution >= 0.6 is 47.8 Å². The summed E-state index contributed by atoms with van der Waals surface area (Å²) in [6.45, 7) is 2.47. The zero-order valence-corrected chi connectivity index (χ0v) is 15.1. The summed E-state index contributed by atoms with van der Waals surface area (Å²) in [6.07, 6.45) is 0.750. The molecular formula is C14H18Cl3N3OS. The number of rotatable bonds is 5. The number of hydrogen-bond donors (Lipinski definition) is 2. The summed E-state index contributed by atoms with van der Waals surface area (Å²) in [7, 11) is 0. The number of carbonyl (C=O) groups is 1. The van der Waals surface area contributed by atoms with E-state index >= 15 is 0 Å². The van der Waals surface area contributed by atoms with Gasteiger partial charge in [-0.15, -0.1) is 36.2 Å². The van der Waals surface area contributed by atoms with Crippen molar-refractivity contribution in [2.45, 2.75) is 19.4 Å². The maximum absolute atomic E-state index is 11.9. The van der Waals surface area contributed by atoms with E-state index < -0.39 is 0 Å². The van der Waals surface area contributed by atoms with Crippen molar-refractivity contribution >= 4 is 53.7 Å². The molecule has 1 heterocycles. The smallest absolute Gasteiger partial charge is 0.270 e. The Bertz CT molecular complexity index is 587. The van der Waals surface area contributed by atoms with Crippen molar-refractivity contribution in [2.75, 3.05) is 6.54 Å². The molecule has 0 aliphatic carbocycles. The van der Waals surface area contributed by atoms with Gasteiger partial charge < -0.3 is 11.1 Å². The van der Waals surface area contributed by atoms with Gasteiger partial charge in [-0.1, -0.05) is 23.7 Å². The first-order valence-electron chi connectivity index (χ1n) is 6.31. The van der Waals surface area contributed by atoms with E-state index in [2.05, 4.69) is 10.3 Å². The molecule has 0 radical (unpaired) electrons. The highest BCUT2D eigenvalue weighted by Crippen LogP contribution is 2.25. The highest BCUT2D eigenvalue weighted by molar-refractivity contribution is 7.13. The standard InChI is InChI=1S/C14H16ClN3OS.2ClH/c1-9(16)6-7-17-13(19)12-8-20-14(18-12)10-2-4-11(15)5-3-10;;/h2-5,8-9H,6-7,16H2,1H3,(H,17,19);2*1H. The molecular weight excluding hydrogens is 365 g/mol. The minimum atomic E-state index is -0.165. The molecule has 1 atom stereocenters. The van der Waals surface area contributed by atoms with Crippen LogP contribution in [0.1, 0.15) is 23.8 Å². The number of halogens is 3. The third-order valence-electron chi connectivity index (χ3n) is 2.71. The van der Waals surface area contributed by atoms with Crippen LogP contribution in [0.15, 0.2) is 29.6 Å². The topological polar surface area (TPSA) is 68.0 Å². The zero-order chi connectivity index (χ0) is 14.5. The van der Waals surface area contributed by atoms with Crippen LogP contribution in [-0.4, -0.2) is 23.5 Å². The summed E-state index contributed by atoms with van der Waals surface area (Å²) in [5.74, 6) is -0.165. The van der Waals surface area contributed by atoms with Crippen LogP contribution in [0.3, 0.4) is 0 Å².